The first-order chi connectivity index (χ1) is 13.6. The predicted molar refractivity (Wildman–Crippen MR) is 110 cm³/mol. The summed E-state index contributed by atoms with van der Waals surface area (Å²) in [7, 11) is 0. The van der Waals surface area contributed by atoms with Crippen LogP contribution in [0, 0.1) is 6.92 Å². The average Bonchev–Trinajstić information content (AvgIpc) is 3.22. The molecule has 3 rings (SSSR count). The Bertz CT molecular complexity index is 652. The normalized spacial score (nSPS) is 21.3. The number of carbonyl (C=O) groups is 2. The lowest BCUT2D eigenvalue weighted by atomic mass is 9.94. The van der Waals surface area contributed by atoms with Crippen molar-refractivity contribution in [2.24, 2.45) is 0 Å². The van der Waals surface area contributed by atoms with Gasteiger partial charge in [0.25, 0.3) is 0 Å². The van der Waals surface area contributed by atoms with Gasteiger partial charge in [0.2, 0.25) is 11.8 Å². The van der Waals surface area contributed by atoms with E-state index in [2.05, 4.69) is 5.32 Å². The lowest BCUT2D eigenvalue weighted by Crippen LogP contribution is -2.49. The second kappa shape index (κ2) is 10.3. The van der Waals surface area contributed by atoms with E-state index >= 15 is 0 Å². The van der Waals surface area contributed by atoms with Crippen LogP contribution in [-0.2, 0) is 14.3 Å². The second-order valence-electron chi connectivity index (χ2n) is 7.97. The topological polar surface area (TPSA) is 58.6 Å². The maximum Gasteiger partial charge on any atom is 0.247 e. The minimum atomic E-state index is -0.682. The molecule has 2 fully saturated rings. The van der Waals surface area contributed by atoms with E-state index in [1.165, 1.54) is 6.42 Å². The fourth-order valence-electron chi connectivity index (χ4n) is 4.18. The minimum Gasteiger partial charge on any atom is -0.376 e. The van der Waals surface area contributed by atoms with Crippen molar-refractivity contribution < 1.29 is 14.3 Å². The third kappa shape index (κ3) is 5.48. The third-order valence-electron chi connectivity index (χ3n) is 5.76. The summed E-state index contributed by atoms with van der Waals surface area (Å²) in [6.45, 7) is 3.11. The van der Waals surface area contributed by atoms with Crippen LogP contribution in [0.1, 0.15) is 62.1 Å². The van der Waals surface area contributed by atoms with Gasteiger partial charge in [-0.2, -0.15) is 0 Å². The Morgan fingerprint density at radius 1 is 1.14 bits per heavy atom. The van der Waals surface area contributed by atoms with Crippen LogP contribution in [0.25, 0.3) is 0 Å². The highest BCUT2D eigenvalue weighted by Crippen LogP contribution is 2.26. The molecule has 0 spiro atoms. The maximum atomic E-state index is 13.3. The van der Waals surface area contributed by atoms with Gasteiger partial charge in [0.05, 0.1) is 6.10 Å². The zero-order valence-electron chi connectivity index (χ0n) is 16.7. The predicted octanol–water partition coefficient (Wildman–Crippen LogP) is 3.73. The van der Waals surface area contributed by atoms with Gasteiger partial charge in [0.1, 0.15) is 11.9 Å². The number of nitrogens with zero attached hydrogens (tertiary/aromatic N) is 1. The van der Waals surface area contributed by atoms with Crippen LogP contribution in [-0.4, -0.2) is 47.9 Å². The molecule has 2 unspecified atom stereocenters. The van der Waals surface area contributed by atoms with Crippen LogP contribution in [0.3, 0.4) is 0 Å². The van der Waals surface area contributed by atoms with E-state index in [1.54, 1.807) is 4.90 Å². The molecule has 2 atom stereocenters. The van der Waals surface area contributed by atoms with E-state index < -0.39 is 6.04 Å². The van der Waals surface area contributed by atoms with Crippen LogP contribution in [0.4, 0.5) is 0 Å². The molecule has 5 nitrogen and oxygen atoms in total. The van der Waals surface area contributed by atoms with Gasteiger partial charge in [0, 0.05) is 19.2 Å². The smallest absolute Gasteiger partial charge is 0.247 e. The molecular formula is C22H31ClN2O3. The summed E-state index contributed by atoms with van der Waals surface area (Å²) in [5.41, 5.74) is 1.93. The monoisotopic (exact) mass is 406 g/mol. The summed E-state index contributed by atoms with van der Waals surface area (Å²) < 4.78 is 5.74. The lowest BCUT2D eigenvalue weighted by Gasteiger charge is -2.34. The standard InChI is InChI=1S/C22H31ClN2O3/c1-16-9-11-17(12-10-16)21(22(27)24-18-6-3-2-4-7-18)25(20(26)14-23)15-19-8-5-13-28-19/h9-12,18-19,21H,2-8,13-15H2,1H3,(H,24,27). The van der Waals surface area contributed by atoms with E-state index in [9.17, 15) is 9.59 Å². The molecule has 1 aromatic rings. The molecule has 0 aromatic heterocycles. The van der Waals surface area contributed by atoms with Crippen LogP contribution in [0.5, 0.6) is 0 Å². The molecule has 2 amide bonds. The van der Waals surface area contributed by atoms with Crippen molar-refractivity contribution in [2.75, 3.05) is 19.0 Å². The lowest BCUT2D eigenvalue weighted by molar-refractivity contribution is -0.141. The Balaban J connectivity index is 1.85. The van der Waals surface area contributed by atoms with Gasteiger partial charge in [-0.1, -0.05) is 49.1 Å². The number of alkyl halides is 1. The van der Waals surface area contributed by atoms with E-state index in [1.807, 2.05) is 31.2 Å². The Labute approximate surface area is 172 Å². The Kier molecular flexibility index (Phi) is 7.74. The molecule has 154 valence electrons. The first kappa shape index (κ1) is 21.1. The minimum absolute atomic E-state index is 0.0393. The molecule has 1 saturated heterocycles. The number of carbonyl (C=O) groups excluding carboxylic acids is 2. The number of ether oxygens (including phenoxy) is 1. The van der Waals surface area contributed by atoms with Gasteiger partial charge >= 0.3 is 0 Å². The number of halogens is 1. The van der Waals surface area contributed by atoms with Crippen LogP contribution >= 0.6 is 11.6 Å². The number of aryl methyl sites for hydroxylation is 1. The van der Waals surface area contributed by atoms with Crippen molar-refractivity contribution in [3.8, 4) is 0 Å². The zero-order chi connectivity index (χ0) is 19.9. The Morgan fingerprint density at radius 3 is 2.46 bits per heavy atom. The molecule has 1 N–H and O–H groups in total. The molecule has 28 heavy (non-hydrogen) atoms. The summed E-state index contributed by atoms with van der Waals surface area (Å²) in [5, 5.41) is 3.20. The van der Waals surface area contributed by atoms with Crippen molar-refractivity contribution in [2.45, 2.75) is 70.1 Å². The van der Waals surface area contributed by atoms with Gasteiger partial charge in [-0.25, -0.2) is 0 Å². The summed E-state index contributed by atoms with van der Waals surface area (Å²) in [6.07, 6.45) is 7.35. The molecule has 1 aliphatic carbocycles. The maximum absolute atomic E-state index is 13.3. The number of rotatable bonds is 7. The Morgan fingerprint density at radius 2 is 1.86 bits per heavy atom. The van der Waals surface area contributed by atoms with Crippen molar-refractivity contribution in [3.63, 3.8) is 0 Å². The molecule has 6 heteroatoms. The SMILES string of the molecule is Cc1ccc(C(C(=O)NC2CCCCC2)N(CC2CCCO2)C(=O)CCl)cc1. The van der Waals surface area contributed by atoms with Gasteiger partial charge in [-0.05, 0) is 38.2 Å². The molecule has 0 radical (unpaired) electrons. The summed E-state index contributed by atoms with van der Waals surface area (Å²) in [4.78, 5) is 27.7. The number of amides is 2. The van der Waals surface area contributed by atoms with E-state index in [0.29, 0.717) is 13.2 Å². The van der Waals surface area contributed by atoms with E-state index in [4.69, 9.17) is 16.3 Å². The highest BCUT2D eigenvalue weighted by molar-refractivity contribution is 6.27. The fraction of sp³-hybridized carbons (Fsp3) is 0.636. The quantitative estimate of drug-likeness (QED) is 0.702. The average molecular weight is 407 g/mol. The summed E-state index contributed by atoms with van der Waals surface area (Å²) in [5.74, 6) is -0.500. The molecule has 0 bridgehead atoms. The first-order valence-electron chi connectivity index (χ1n) is 10.4. The largest absolute Gasteiger partial charge is 0.376 e. The zero-order valence-corrected chi connectivity index (χ0v) is 17.4. The van der Waals surface area contributed by atoms with Gasteiger partial charge in [-0.15, -0.1) is 11.6 Å². The van der Waals surface area contributed by atoms with Crippen molar-refractivity contribution in [1.29, 1.82) is 0 Å². The highest BCUT2D eigenvalue weighted by Gasteiger charge is 2.34. The second-order valence-corrected chi connectivity index (χ2v) is 8.24. The van der Waals surface area contributed by atoms with Crippen molar-refractivity contribution >= 4 is 23.4 Å². The van der Waals surface area contributed by atoms with Crippen LogP contribution in [0.15, 0.2) is 24.3 Å². The number of benzene rings is 1. The molecule has 1 heterocycles. The molecule has 1 saturated carbocycles. The van der Waals surface area contributed by atoms with Gasteiger partial charge in [-0.3, -0.25) is 9.59 Å². The van der Waals surface area contributed by atoms with E-state index in [-0.39, 0.29) is 29.8 Å². The summed E-state index contributed by atoms with van der Waals surface area (Å²) in [6, 6.07) is 7.33. The van der Waals surface area contributed by atoms with Gasteiger partial charge < -0.3 is 15.0 Å². The fourth-order valence-corrected chi connectivity index (χ4v) is 4.34. The van der Waals surface area contributed by atoms with Crippen molar-refractivity contribution in [3.05, 3.63) is 35.4 Å². The number of nitrogens with one attached hydrogen (secondary N) is 1. The molecule has 2 aliphatic rings. The number of hydrogen-bond donors (Lipinski definition) is 1. The third-order valence-corrected chi connectivity index (χ3v) is 5.99. The van der Waals surface area contributed by atoms with Crippen LogP contribution < -0.4 is 5.32 Å². The number of hydrogen-bond acceptors (Lipinski definition) is 3. The summed E-state index contributed by atoms with van der Waals surface area (Å²) >= 11 is 5.92. The van der Waals surface area contributed by atoms with E-state index in [0.717, 1.165) is 49.7 Å². The Hall–Kier alpha value is -1.59. The molecule has 1 aliphatic heterocycles. The van der Waals surface area contributed by atoms with Gasteiger partial charge in [0.15, 0.2) is 0 Å². The molecule has 1 aromatic carbocycles. The molecular weight excluding hydrogens is 376 g/mol. The first-order valence-corrected chi connectivity index (χ1v) is 11.0. The van der Waals surface area contributed by atoms with Crippen LogP contribution in [0.2, 0.25) is 0 Å². The highest BCUT2D eigenvalue weighted by atomic mass is 35.5. The van der Waals surface area contributed by atoms with Crippen molar-refractivity contribution in [1.82, 2.24) is 10.2 Å².